The van der Waals surface area contributed by atoms with Crippen molar-refractivity contribution in [3.8, 4) is 0 Å². The molecule has 140 valence electrons. The minimum atomic E-state index is -1.35. The smallest absolute Gasteiger partial charge is 0.478 e. The van der Waals surface area contributed by atoms with Crippen molar-refractivity contribution in [3.05, 3.63) is 40.6 Å². The Morgan fingerprint density at radius 2 is 1.81 bits per heavy atom. The third-order valence-electron chi connectivity index (χ3n) is 4.70. The minimum Gasteiger partial charge on any atom is -0.478 e. The SMILES string of the molecule is CC(=O)NCC(=Cc1cccc(C(=O)O)c1F)B1OC(C)(C)C(C)(C)O1. The zero-order chi connectivity index (χ0) is 19.7. The lowest BCUT2D eigenvalue weighted by Gasteiger charge is -2.32. The molecule has 0 unspecified atom stereocenters. The van der Waals surface area contributed by atoms with Crippen LogP contribution >= 0.6 is 0 Å². The van der Waals surface area contributed by atoms with Crippen LogP contribution in [0.25, 0.3) is 6.08 Å². The molecule has 0 atom stereocenters. The Morgan fingerprint density at radius 3 is 2.31 bits per heavy atom. The Morgan fingerprint density at radius 1 is 1.23 bits per heavy atom. The molecular formula is C18H23BFNO5. The first-order valence-electron chi connectivity index (χ1n) is 8.27. The summed E-state index contributed by atoms with van der Waals surface area (Å²) in [6.45, 7) is 8.99. The molecule has 1 aromatic carbocycles. The van der Waals surface area contributed by atoms with Gasteiger partial charge in [-0.05, 0) is 39.2 Å². The summed E-state index contributed by atoms with van der Waals surface area (Å²) in [5.41, 5.74) is -1.06. The van der Waals surface area contributed by atoms with Gasteiger partial charge < -0.3 is 19.7 Å². The topological polar surface area (TPSA) is 84.9 Å². The average Bonchev–Trinajstić information content (AvgIpc) is 2.72. The fourth-order valence-corrected chi connectivity index (χ4v) is 2.45. The number of nitrogens with one attached hydrogen (secondary N) is 1. The average molecular weight is 363 g/mol. The molecule has 0 spiro atoms. The van der Waals surface area contributed by atoms with Gasteiger partial charge in [0.2, 0.25) is 5.91 Å². The summed E-state index contributed by atoms with van der Waals surface area (Å²) in [4.78, 5) is 22.4. The van der Waals surface area contributed by atoms with E-state index in [2.05, 4.69) is 5.32 Å². The first-order chi connectivity index (χ1) is 11.9. The molecule has 2 rings (SSSR count). The zero-order valence-corrected chi connectivity index (χ0v) is 15.6. The molecule has 0 radical (unpaired) electrons. The summed E-state index contributed by atoms with van der Waals surface area (Å²) in [6, 6.07) is 4.11. The molecule has 6 nitrogen and oxygen atoms in total. The highest BCUT2D eigenvalue weighted by Gasteiger charge is 2.52. The van der Waals surface area contributed by atoms with Gasteiger partial charge in [0.1, 0.15) is 5.82 Å². The van der Waals surface area contributed by atoms with E-state index < -0.39 is 35.7 Å². The number of carboxylic acid groups (broad SMARTS) is 1. The van der Waals surface area contributed by atoms with E-state index in [1.807, 2.05) is 27.7 Å². The van der Waals surface area contributed by atoms with Gasteiger partial charge in [0.15, 0.2) is 0 Å². The second-order valence-electron chi connectivity index (χ2n) is 7.23. The first kappa shape index (κ1) is 20.1. The van der Waals surface area contributed by atoms with Gasteiger partial charge in [-0.15, -0.1) is 0 Å². The van der Waals surface area contributed by atoms with Gasteiger partial charge in [0, 0.05) is 19.0 Å². The molecule has 1 aromatic rings. The number of carboxylic acids is 1. The highest BCUT2D eigenvalue weighted by molar-refractivity contribution is 6.56. The van der Waals surface area contributed by atoms with Gasteiger partial charge >= 0.3 is 13.1 Å². The molecule has 1 saturated heterocycles. The van der Waals surface area contributed by atoms with Crippen LogP contribution in [0.4, 0.5) is 4.39 Å². The van der Waals surface area contributed by atoms with Crippen LogP contribution in [0.2, 0.25) is 0 Å². The number of hydrogen-bond donors (Lipinski definition) is 2. The van der Waals surface area contributed by atoms with Crippen molar-refractivity contribution in [2.45, 2.75) is 45.8 Å². The fourth-order valence-electron chi connectivity index (χ4n) is 2.45. The summed E-state index contributed by atoms with van der Waals surface area (Å²) in [5.74, 6) is -2.46. The Bertz CT molecular complexity index is 744. The van der Waals surface area contributed by atoms with E-state index in [1.165, 1.54) is 31.2 Å². The quantitative estimate of drug-likeness (QED) is 0.786. The summed E-state index contributed by atoms with van der Waals surface area (Å²) in [7, 11) is -0.792. The molecule has 0 bridgehead atoms. The zero-order valence-electron chi connectivity index (χ0n) is 15.6. The normalized spacial score (nSPS) is 18.7. The predicted molar refractivity (Wildman–Crippen MR) is 96.1 cm³/mol. The van der Waals surface area contributed by atoms with E-state index in [1.54, 1.807) is 0 Å². The van der Waals surface area contributed by atoms with Crippen molar-refractivity contribution < 1.29 is 28.4 Å². The number of aromatic carboxylic acids is 1. The molecule has 1 heterocycles. The van der Waals surface area contributed by atoms with Crippen molar-refractivity contribution in [1.29, 1.82) is 0 Å². The third-order valence-corrected chi connectivity index (χ3v) is 4.70. The molecule has 2 N–H and O–H groups in total. The van der Waals surface area contributed by atoms with Gasteiger partial charge in [-0.25, -0.2) is 9.18 Å². The number of carbonyl (C=O) groups excluding carboxylic acids is 1. The highest BCUT2D eigenvalue weighted by Crippen LogP contribution is 2.38. The van der Waals surface area contributed by atoms with Crippen LogP contribution in [0.5, 0.6) is 0 Å². The molecule has 0 saturated carbocycles. The molecule has 0 aromatic heterocycles. The molecule has 1 aliphatic rings. The van der Waals surface area contributed by atoms with E-state index >= 15 is 0 Å². The monoisotopic (exact) mass is 363 g/mol. The Labute approximate surface area is 152 Å². The highest BCUT2D eigenvalue weighted by atomic mass is 19.1. The standard InChI is InChI=1S/C18H23BFNO5/c1-11(22)21-10-13(19-25-17(2,3)18(4,5)26-19)9-12-7-6-8-14(15(12)20)16(23)24/h6-9H,10H2,1-5H3,(H,21,22)(H,23,24). The summed E-state index contributed by atoms with van der Waals surface area (Å²) in [5, 5.41) is 11.7. The largest absolute Gasteiger partial charge is 0.492 e. The maximum absolute atomic E-state index is 14.5. The molecule has 1 aliphatic heterocycles. The van der Waals surface area contributed by atoms with Gasteiger partial charge in [-0.1, -0.05) is 18.2 Å². The van der Waals surface area contributed by atoms with Crippen molar-refractivity contribution in [2.75, 3.05) is 6.54 Å². The van der Waals surface area contributed by atoms with Gasteiger partial charge in [-0.2, -0.15) is 0 Å². The minimum absolute atomic E-state index is 0.0833. The molecule has 0 aliphatic carbocycles. The third kappa shape index (κ3) is 4.13. The van der Waals surface area contributed by atoms with Crippen molar-refractivity contribution >= 4 is 25.1 Å². The van der Waals surface area contributed by atoms with E-state index in [9.17, 15) is 14.0 Å². The van der Waals surface area contributed by atoms with Crippen LogP contribution in [0, 0.1) is 5.82 Å². The second kappa shape index (κ2) is 7.21. The number of halogens is 1. The van der Waals surface area contributed by atoms with Crippen molar-refractivity contribution in [1.82, 2.24) is 5.32 Å². The number of amides is 1. The van der Waals surface area contributed by atoms with E-state index in [0.717, 1.165) is 0 Å². The maximum Gasteiger partial charge on any atom is 0.492 e. The van der Waals surface area contributed by atoms with Crippen LogP contribution in [0.1, 0.15) is 50.5 Å². The van der Waals surface area contributed by atoms with Crippen LogP contribution < -0.4 is 5.32 Å². The molecule has 26 heavy (non-hydrogen) atoms. The van der Waals surface area contributed by atoms with Gasteiger partial charge in [-0.3, -0.25) is 4.79 Å². The predicted octanol–water partition coefficient (Wildman–Crippen LogP) is 2.67. The van der Waals surface area contributed by atoms with E-state index in [0.29, 0.717) is 5.47 Å². The van der Waals surface area contributed by atoms with Crippen LogP contribution in [-0.2, 0) is 14.1 Å². The lowest BCUT2D eigenvalue weighted by molar-refractivity contribution is -0.118. The number of benzene rings is 1. The molecule has 8 heteroatoms. The Balaban J connectivity index is 2.43. The summed E-state index contributed by atoms with van der Waals surface area (Å²) in [6.07, 6.45) is 1.46. The summed E-state index contributed by atoms with van der Waals surface area (Å²) >= 11 is 0. The second-order valence-corrected chi connectivity index (χ2v) is 7.23. The summed E-state index contributed by atoms with van der Waals surface area (Å²) < 4.78 is 26.4. The van der Waals surface area contributed by atoms with Gasteiger partial charge in [0.05, 0.1) is 16.8 Å². The van der Waals surface area contributed by atoms with Gasteiger partial charge in [0.25, 0.3) is 0 Å². The van der Waals surface area contributed by atoms with E-state index in [-0.39, 0.29) is 18.0 Å². The maximum atomic E-state index is 14.5. The molecule has 1 amide bonds. The first-order valence-corrected chi connectivity index (χ1v) is 8.27. The number of rotatable bonds is 5. The van der Waals surface area contributed by atoms with Crippen molar-refractivity contribution in [2.24, 2.45) is 0 Å². The fraction of sp³-hybridized carbons (Fsp3) is 0.444. The number of carbonyl (C=O) groups is 2. The lowest BCUT2D eigenvalue weighted by Crippen LogP contribution is -2.41. The Hall–Kier alpha value is -2.19. The lowest BCUT2D eigenvalue weighted by atomic mass is 9.76. The van der Waals surface area contributed by atoms with Crippen LogP contribution in [-0.4, -0.2) is 41.8 Å². The van der Waals surface area contributed by atoms with Crippen molar-refractivity contribution in [3.63, 3.8) is 0 Å². The molecular weight excluding hydrogens is 340 g/mol. The van der Waals surface area contributed by atoms with E-state index in [4.69, 9.17) is 14.4 Å². The molecule has 1 fully saturated rings. The van der Waals surface area contributed by atoms with Crippen LogP contribution in [0.15, 0.2) is 23.7 Å². The van der Waals surface area contributed by atoms with Crippen LogP contribution in [0.3, 0.4) is 0 Å². The number of hydrogen-bond acceptors (Lipinski definition) is 4. The Kier molecular flexibility index (Phi) is 5.58.